The molecule has 1 aliphatic rings. The Labute approximate surface area is 186 Å². The van der Waals surface area contributed by atoms with E-state index in [1.54, 1.807) is 17.9 Å². The van der Waals surface area contributed by atoms with Crippen molar-refractivity contribution in [3.63, 3.8) is 0 Å². The summed E-state index contributed by atoms with van der Waals surface area (Å²) in [6, 6.07) is 19.0. The molecule has 1 saturated heterocycles. The summed E-state index contributed by atoms with van der Waals surface area (Å²) in [6.45, 7) is 5.19. The highest BCUT2D eigenvalue weighted by Crippen LogP contribution is 2.28. The van der Waals surface area contributed by atoms with E-state index in [9.17, 15) is 10.1 Å². The summed E-state index contributed by atoms with van der Waals surface area (Å²) in [5.41, 5.74) is 3.09. The Kier molecular flexibility index (Phi) is 6.17. The van der Waals surface area contributed by atoms with Crippen LogP contribution in [0.3, 0.4) is 0 Å². The Bertz CT molecular complexity index is 1160. The van der Waals surface area contributed by atoms with E-state index in [0.717, 1.165) is 16.8 Å². The fraction of sp³-hybridized carbons (Fsp3) is 0.250. The van der Waals surface area contributed by atoms with E-state index in [2.05, 4.69) is 10.5 Å². The highest BCUT2D eigenvalue weighted by molar-refractivity contribution is 5.93. The number of nitrogens with one attached hydrogen (secondary N) is 1. The quantitative estimate of drug-likeness (QED) is 0.297. The van der Waals surface area contributed by atoms with Crippen molar-refractivity contribution >= 4 is 17.6 Å². The zero-order valence-electron chi connectivity index (χ0n) is 18.0. The first-order valence-electron chi connectivity index (χ1n) is 10.4. The summed E-state index contributed by atoms with van der Waals surface area (Å²) in [6.07, 6.45) is 2.00. The van der Waals surface area contributed by atoms with Gasteiger partial charge in [-0.15, -0.1) is 0 Å². The maximum atomic E-state index is 13.2. The molecule has 0 spiro atoms. The van der Waals surface area contributed by atoms with Gasteiger partial charge in [0.15, 0.2) is 11.9 Å². The molecule has 1 atom stereocenters. The van der Waals surface area contributed by atoms with Crippen LogP contribution < -0.4 is 5.32 Å². The molecule has 1 fully saturated rings. The molecule has 1 N–H and O–H groups in total. The van der Waals surface area contributed by atoms with Crippen LogP contribution in [-0.4, -0.2) is 46.5 Å². The van der Waals surface area contributed by atoms with Gasteiger partial charge in [-0.05, 0) is 31.0 Å². The largest absolute Gasteiger partial charge is 0.361 e. The van der Waals surface area contributed by atoms with Crippen LogP contribution in [0, 0.1) is 25.3 Å². The van der Waals surface area contributed by atoms with Gasteiger partial charge >= 0.3 is 0 Å². The van der Waals surface area contributed by atoms with Crippen LogP contribution in [0.15, 0.2) is 70.2 Å². The summed E-state index contributed by atoms with van der Waals surface area (Å²) in [7, 11) is 0. The Morgan fingerprint density at radius 3 is 2.59 bits per heavy atom. The number of hydrogen-bond donors (Lipinski definition) is 1. The number of para-hydroxylation sites is 1. The third-order valence-corrected chi connectivity index (χ3v) is 5.48. The van der Waals surface area contributed by atoms with Crippen molar-refractivity contribution in [3.8, 4) is 6.19 Å². The second-order valence-electron chi connectivity index (χ2n) is 7.65. The molecule has 0 aliphatic carbocycles. The lowest BCUT2D eigenvalue weighted by Crippen LogP contribution is -2.54. The van der Waals surface area contributed by atoms with Gasteiger partial charge < -0.3 is 14.3 Å². The van der Waals surface area contributed by atoms with Gasteiger partial charge in [-0.1, -0.05) is 53.7 Å². The van der Waals surface area contributed by atoms with Crippen LogP contribution in [0.5, 0.6) is 0 Å². The number of nitrogens with zero attached hydrogens (tertiary/aromatic N) is 5. The number of nitriles is 1. The molecule has 1 amide bonds. The number of piperazine rings is 1. The summed E-state index contributed by atoms with van der Waals surface area (Å²) in [5.74, 6) is 0.877. The van der Waals surface area contributed by atoms with E-state index in [4.69, 9.17) is 9.52 Å². The molecule has 1 aromatic heterocycles. The van der Waals surface area contributed by atoms with Crippen molar-refractivity contribution < 1.29 is 9.32 Å². The molecule has 3 aromatic rings. The lowest BCUT2D eigenvalue weighted by atomic mass is 10.0. The van der Waals surface area contributed by atoms with Crippen LogP contribution in [0.2, 0.25) is 0 Å². The highest BCUT2D eigenvalue weighted by Gasteiger charge is 2.34. The predicted octanol–water partition coefficient (Wildman–Crippen LogP) is 3.55. The molecule has 162 valence electrons. The average Bonchev–Trinajstić information content (AvgIpc) is 3.26. The lowest BCUT2D eigenvalue weighted by Gasteiger charge is -2.42. The van der Waals surface area contributed by atoms with Gasteiger partial charge in [0, 0.05) is 25.7 Å². The van der Waals surface area contributed by atoms with Gasteiger partial charge in [-0.3, -0.25) is 10.1 Å². The van der Waals surface area contributed by atoms with E-state index in [1.165, 1.54) is 0 Å². The van der Waals surface area contributed by atoms with Crippen molar-refractivity contribution in [2.24, 2.45) is 4.99 Å². The number of carbonyl (C=O) groups is 1. The second-order valence-corrected chi connectivity index (χ2v) is 7.65. The van der Waals surface area contributed by atoms with Gasteiger partial charge in [0.25, 0.3) is 5.91 Å². The smallest absolute Gasteiger partial charge is 0.276 e. The number of aliphatic imine (C=N–C) groups is 1. The topological polar surface area (TPSA) is 97.8 Å². The number of benzene rings is 2. The van der Waals surface area contributed by atoms with Crippen LogP contribution in [0.1, 0.15) is 33.4 Å². The van der Waals surface area contributed by atoms with Crippen LogP contribution in [0.4, 0.5) is 5.69 Å². The van der Waals surface area contributed by atoms with Gasteiger partial charge in [0.1, 0.15) is 5.76 Å². The standard InChI is InChI=1S/C24H24N6O2/c1-17-8-6-7-11-20(17)27-24(26-16-25)29-12-13-30(23(31)21-14-18(2)32-28-21)22(15-29)19-9-4-3-5-10-19/h3-11,14,22H,12-13,15H2,1-2H3,(H,26,27). The first kappa shape index (κ1) is 21.1. The Morgan fingerprint density at radius 1 is 1.16 bits per heavy atom. The number of hydrogen-bond acceptors (Lipinski definition) is 5. The van der Waals surface area contributed by atoms with Crippen LogP contribution in [0.25, 0.3) is 0 Å². The molecule has 2 aromatic carbocycles. The molecule has 0 bridgehead atoms. The minimum absolute atomic E-state index is 0.180. The number of guanidine groups is 1. The maximum Gasteiger partial charge on any atom is 0.276 e. The molecule has 1 unspecified atom stereocenters. The highest BCUT2D eigenvalue weighted by atomic mass is 16.5. The van der Waals surface area contributed by atoms with Crippen molar-refractivity contribution in [2.45, 2.75) is 19.9 Å². The van der Waals surface area contributed by atoms with Crippen molar-refractivity contribution in [3.05, 3.63) is 83.2 Å². The fourth-order valence-electron chi connectivity index (χ4n) is 3.82. The first-order valence-corrected chi connectivity index (χ1v) is 10.4. The molecule has 8 heteroatoms. The van der Waals surface area contributed by atoms with E-state index >= 15 is 0 Å². The summed E-state index contributed by atoms with van der Waals surface area (Å²) in [5, 5.41) is 16.0. The summed E-state index contributed by atoms with van der Waals surface area (Å²) >= 11 is 0. The van der Waals surface area contributed by atoms with Gasteiger partial charge in [-0.25, -0.2) is 4.99 Å². The molecular weight excluding hydrogens is 404 g/mol. The molecule has 0 saturated carbocycles. The molecule has 0 radical (unpaired) electrons. The third kappa shape index (κ3) is 4.47. The van der Waals surface area contributed by atoms with E-state index in [1.807, 2.05) is 72.6 Å². The minimum atomic E-state index is -0.239. The van der Waals surface area contributed by atoms with E-state index < -0.39 is 0 Å². The fourth-order valence-corrected chi connectivity index (χ4v) is 3.82. The average molecular weight is 428 g/mol. The molecular formula is C24H24N6O2. The Morgan fingerprint density at radius 2 is 1.91 bits per heavy atom. The number of aryl methyl sites for hydroxylation is 2. The van der Waals surface area contributed by atoms with Crippen molar-refractivity contribution in [1.82, 2.24) is 20.3 Å². The molecule has 4 rings (SSSR count). The minimum Gasteiger partial charge on any atom is -0.361 e. The molecule has 1 aliphatic heterocycles. The number of carbonyl (C=O) groups excluding carboxylic acids is 1. The van der Waals surface area contributed by atoms with Crippen LogP contribution in [-0.2, 0) is 0 Å². The zero-order valence-corrected chi connectivity index (χ0v) is 18.0. The number of rotatable bonds is 3. The summed E-state index contributed by atoms with van der Waals surface area (Å²) < 4.78 is 5.11. The van der Waals surface area contributed by atoms with Crippen molar-refractivity contribution in [1.29, 1.82) is 5.26 Å². The van der Waals surface area contributed by atoms with E-state index in [0.29, 0.717) is 37.0 Å². The third-order valence-electron chi connectivity index (χ3n) is 5.48. The van der Waals surface area contributed by atoms with Gasteiger partial charge in [-0.2, -0.15) is 5.26 Å². The molecule has 2 heterocycles. The van der Waals surface area contributed by atoms with Gasteiger partial charge in [0.05, 0.1) is 11.7 Å². The Hall–Kier alpha value is -4.12. The van der Waals surface area contributed by atoms with Crippen molar-refractivity contribution in [2.75, 3.05) is 19.6 Å². The van der Waals surface area contributed by atoms with E-state index in [-0.39, 0.29) is 11.9 Å². The SMILES string of the molecule is Cc1cc(C(=O)N2CCN(C(=Nc3ccccc3C)NC#N)CC2c2ccccc2)no1. The summed E-state index contributed by atoms with van der Waals surface area (Å²) in [4.78, 5) is 21.7. The second kappa shape index (κ2) is 9.35. The number of amides is 1. The first-order chi connectivity index (χ1) is 15.6. The maximum absolute atomic E-state index is 13.2. The number of aromatic nitrogens is 1. The Balaban J connectivity index is 1.66. The monoisotopic (exact) mass is 428 g/mol. The molecule has 8 nitrogen and oxygen atoms in total. The lowest BCUT2D eigenvalue weighted by molar-refractivity contribution is 0.0537. The van der Waals surface area contributed by atoms with Crippen LogP contribution >= 0.6 is 0 Å². The normalized spacial score (nSPS) is 16.5. The predicted molar refractivity (Wildman–Crippen MR) is 120 cm³/mol. The molecule has 32 heavy (non-hydrogen) atoms. The van der Waals surface area contributed by atoms with Gasteiger partial charge in [0.2, 0.25) is 5.96 Å². The zero-order chi connectivity index (χ0) is 22.5.